The third-order valence-corrected chi connectivity index (χ3v) is 2.52. The third kappa shape index (κ3) is 2.28. The normalized spacial score (nSPS) is 11.7. The van der Waals surface area contributed by atoms with Gasteiger partial charge in [-0.15, -0.1) is 11.3 Å². The second kappa shape index (κ2) is 3.47. The van der Waals surface area contributed by atoms with Gasteiger partial charge in [0.1, 0.15) is 4.88 Å². The lowest BCUT2D eigenvalue weighted by Crippen LogP contribution is -2.11. The maximum Gasteiger partial charge on any atom is 0.425 e. The minimum Gasteiger partial charge on any atom is -0.324 e. The van der Waals surface area contributed by atoms with Crippen molar-refractivity contribution >= 4 is 17.1 Å². The summed E-state index contributed by atoms with van der Waals surface area (Å²) >= 11 is 0.418. The number of thiophene rings is 1. The van der Waals surface area contributed by atoms with Crippen molar-refractivity contribution in [2.45, 2.75) is 6.18 Å². The first-order valence-electron chi connectivity index (χ1n) is 3.35. The fourth-order valence-corrected chi connectivity index (χ4v) is 1.56. The van der Waals surface area contributed by atoms with Crippen molar-refractivity contribution in [3.8, 4) is 0 Å². The average Bonchev–Trinajstić information content (AvgIpc) is 2.50. The highest BCUT2D eigenvalue weighted by molar-refractivity contribution is 7.14. The summed E-state index contributed by atoms with van der Waals surface area (Å²) < 4.78 is 36.1. The molecule has 0 saturated carbocycles. The molecule has 0 amide bonds. The quantitative estimate of drug-likeness (QED) is 0.756. The van der Waals surface area contributed by atoms with E-state index >= 15 is 0 Å². The van der Waals surface area contributed by atoms with Crippen molar-refractivity contribution in [3.05, 3.63) is 21.9 Å². The molecule has 72 valence electrons. The van der Waals surface area contributed by atoms with E-state index in [1.54, 1.807) is 0 Å². The fraction of sp³-hybridized carbons (Fsp3) is 0.286. The molecule has 0 aliphatic carbocycles. The Balaban J connectivity index is 2.93. The predicted octanol–water partition coefficient (Wildman–Crippen LogP) is 1.91. The van der Waals surface area contributed by atoms with Gasteiger partial charge >= 0.3 is 6.18 Å². The van der Waals surface area contributed by atoms with Crippen LogP contribution in [0.2, 0.25) is 0 Å². The highest BCUT2D eigenvalue weighted by Gasteiger charge is 2.32. The maximum absolute atomic E-state index is 12.0. The molecule has 0 aliphatic rings. The number of halogens is 3. The number of hydrogen-bond donors (Lipinski definition) is 1. The topological polar surface area (TPSA) is 43.1 Å². The van der Waals surface area contributed by atoms with Gasteiger partial charge in [-0.3, -0.25) is 4.79 Å². The van der Waals surface area contributed by atoms with E-state index in [2.05, 4.69) is 0 Å². The first-order valence-corrected chi connectivity index (χ1v) is 4.17. The number of hydrogen-bond acceptors (Lipinski definition) is 3. The minimum absolute atomic E-state index is 0.0508. The van der Waals surface area contributed by atoms with Crippen molar-refractivity contribution in [2.75, 3.05) is 6.54 Å². The lowest BCUT2D eigenvalue weighted by atomic mass is 10.3. The summed E-state index contributed by atoms with van der Waals surface area (Å²) in [6.45, 7) is -0.266. The second-order valence-electron chi connectivity index (χ2n) is 2.29. The van der Waals surface area contributed by atoms with Crippen molar-refractivity contribution in [1.29, 1.82) is 0 Å². The Morgan fingerprint density at radius 2 is 2.08 bits per heavy atom. The first kappa shape index (κ1) is 10.2. The summed E-state index contributed by atoms with van der Waals surface area (Å²) in [5, 5.41) is 0. The highest BCUT2D eigenvalue weighted by Crippen LogP contribution is 2.34. The Morgan fingerprint density at radius 3 is 2.46 bits per heavy atom. The maximum atomic E-state index is 12.0. The van der Waals surface area contributed by atoms with Gasteiger partial charge in [0.05, 0.1) is 11.4 Å². The highest BCUT2D eigenvalue weighted by atomic mass is 32.1. The van der Waals surface area contributed by atoms with E-state index in [0.717, 1.165) is 12.1 Å². The Labute approximate surface area is 76.2 Å². The van der Waals surface area contributed by atoms with Crippen LogP contribution < -0.4 is 5.73 Å². The zero-order valence-electron chi connectivity index (χ0n) is 6.39. The van der Waals surface area contributed by atoms with E-state index in [0.29, 0.717) is 11.3 Å². The molecule has 2 N–H and O–H groups in total. The monoisotopic (exact) mass is 209 g/mol. The van der Waals surface area contributed by atoms with Gasteiger partial charge in [0, 0.05) is 0 Å². The second-order valence-corrected chi connectivity index (χ2v) is 3.37. The molecule has 0 fully saturated rings. The molecule has 0 radical (unpaired) electrons. The van der Waals surface area contributed by atoms with Gasteiger partial charge in [0.15, 0.2) is 5.78 Å². The Kier molecular flexibility index (Phi) is 2.72. The third-order valence-electron chi connectivity index (χ3n) is 1.35. The first-order chi connectivity index (χ1) is 5.95. The van der Waals surface area contributed by atoms with Crippen molar-refractivity contribution in [3.63, 3.8) is 0 Å². The summed E-state index contributed by atoms with van der Waals surface area (Å²) in [5.74, 6) is -0.472. The van der Waals surface area contributed by atoms with Crippen molar-refractivity contribution in [2.24, 2.45) is 5.73 Å². The van der Waals surface area contributed by atoms with Gasteiger partial charge in [-0.1, -0.05) is 0 Å². The van der Waals surface area contributed by atoms with Crippen molar-refractivity contribution in [1.82, 2.24) is 0 Å². The lowest BCUT2D eigenvalue weighted by molar-refractivity contribution is -0.134. The van der Waals surface area contributed by atoms with Gasteiger partial charge in [0.25, 0.3) is 0 Å². The van der Waals surface area contributed by atoms with Crippen LogP contribution in [-0.4, -0.2) is 12.3 Å². The van der Waals surface area contributed by atoms with E-state index in [4.69, 9.17) is 5.73 Å². The number of rotatable bonds is 2. The fourth-order valence-electron chi connectivity index (χ4n) is 0.741. The van der Waals surface area contributed by atoms with E-state index in [9.17, 15) is 18.0 Å². The van der Waals surface area contributed by atoms with Crippen LogP contribution in [0.3, 0.4) is 0 Å². The number of ketones is 1. The van der Waals surface area contributed by atoms with Crippen LogP contribution in [0.5, 0.6) is 0 Å². The van der Waals surface area contributed by atoms with Crippen molar-refractivity contribution < 1.29 is 18.0 Å². The molecule has 1 rings (SSSR count). The van der Waals surface area contributed by atoms with Gasteiger partial charge in [0.2, 0.25) is 0 Å². The summed E-state index contributed by atoms with van der Waals surface area (Å²) in [7, 11) is 0. The number of nitrogens with two attached hydrogens (primary N) is 1. The molecule has 13 heavy (non-hydrogen) atoms. The smallest absolute Gasteiger partial charge is 0.324 e. The Morgan fingerprint density at radius 1 is 1.46 bits per heavy atom. The SMILES string of the molecule is NCC(=O)c1ccc(C(F)(F)F)s1. The van der Waals surface area contributed by atoms with Crippen LogP contribution in [0.15, 0.2) is 12.1 Å². The van der Waals surface area contributed by atoms with Gasteiger partial charge in [-0.2, -0.15) is 13.2 Å². The van der Waals surface area contributed by atoms with E-state index < -0.39 is 16.8 Å². The standard InChI is InChI=1S/C7H6F3NOS/c8-7(9,10)6-2-1-5(13-6)4(12)3-11/h1-2H,3,11H2. The molecule has 0 unspecified atom stereocenters. The molecule has 1 aromatic heterocycles. The van der Waals surface area contributed by atoms with E-state index in [1.807, 2.05) is 0 Å². The van der Waals surface area contributed by atoms with Crippen LogP contribution >= 0.6 is 11.3 Å². The Bertz CT molecular complexity index is 318. The molecule has 0 aliphatic heterocycles. The molecule has 1 aromatic rings. The molecular weight excluding hydrogens is 203 g/mol. The molecule has 6 heteroatoms. The van der Waals surface area contributed by atoms with Crippen LogP contribution in [0.25, 0.3) is 0 Å². The molecule has 0 aromatic carbocycles. The number of carbonyl (C=O) groups excluding carboxylic acids is 1. The summed E-state index contributed by atoms with van der Waals surface area (Å²) in [6.07, 6.45) is -4.38. The number of carbonyl (C=O) groups is 1. The lowest BCUT2D eigenvalue weighted by Gasteiger charge is -2.00. The molecule has 0 saturated heterocycles. The van der Waals surface area contributed by atoms with Gasteiger partial charge in [-0.25, -0.2) is 0 Å². The largest absolute Gasteiger partial charge is 0.425 e. The molecule has 0 spiro atoms. The Hall–Kier alpha value is -0.880. The summed E-state index contributed by atoms with van der Waals surface area (Å²) in [6, 6.07) is 2.02. The summed E-state index contributed by atoms with van der Waals surface area (Å²) in [4.78, 5) is 10.1. The van der Waals surface area contributed by atoms with E-state index in [-0.39, 0.29) is 11.4 Å². The zero-order chi connectivity index (χ0) is 10.1. The molecule has 0 atom stereocenters. The number of alkyl halides is 3. The van der Waals surface area contributed by atoms with Crippen LogP contribution in [0, 0.1) is 0 Å². The molecule has 2 nitrogen and oxygen atoms in total. The summed E-state index contributed by atoms with van der Waals surface area (Å²) in [5.41, 5.74) is 5.00. The van der Waals surface area contributed by atoms with E-state index in [1.165, 1.54) is 0 Å². The van der Waals surface area contributed by atoms with Gasteiger partial charge in [-0.05, 0) is 12.1 Å². The predicted molar refractivity (Wildman–Crippen MR) is 42.7 cm³/mol. The van der Waals surface area contributed by atoms with Crippen LogP contribution in [-0.2, 0) is 6.18 Å². The number of Topliss-reactive ketones (excluding diaryl/α,β-unsaturated/α-hetero) is 1. The average molecular weight is 209 g/mol. The molecular formula is C7H6F3NOS. The van der Waals surface area contributed by atoms with Crippen LogP contribution in [0.1, 0.15) is 14.5 Å². The molecule has 1 heterocycles. The van der Waals surface area contributed by atoms with Gasteiger partial charge < -0.3 is 5.73 Å². The molecule has 0 bridgehead atoms. The van der Waals surface area contributed by atoms with Crippen LogP contribution in [0.4, 0.5) is 13.2 Å². The minimum atomic E-state index is -4.38. The zero-order valence-corrected chi connectivity index (χ0v) is 7.21.